The van der Waals surface area contributed by atoms with Gasteiger partial charge in [0, 0.05) is 11.5 Å². The van der Waals surface area contributed by atoms with Crippen LogP contribution in [-0.2, 0) is 5.41 Å². The fourth-order valence-electron chi connectivity index (χ4n) is 2.96. The normalized spacial score (nSPS) is 18.8. The predicted molar refractivity (Wildman–Crippen MR) is 81.3 cm³/mol. The number of nitrogens with one attached hydrogen (secondary N) is 1. The Kier molecular flexibility index (Phi) is 4.46. The molecule has 3 N–H and O–H groups in total. The quantitative estimate of drug-likeness (QED) is 0.645. The number of hydrogen-bond acceptors (Lipinski definition) is 1. The van der Waals surface area contributed by atoms with Crippen molar-refractivity contribution in [1.82, 2.24) is 5.32 Å². The lowest BCUT2D eigenvalue weighted by atomic mass is 9.79. The van der Waals surface area contributed by atoms with E-state index in [9.17, 15) is 0 Å². The number of nitrogens with zero attached hydrogens (tertiary/aromatic N) is 1. The largest absolute Gasteiger partial charge is 0.370 e. The fraction of sp³-hybridized carbons (Fsp3) is 0.562. The van der Waals surface area contributed by atoms with Gasteiger partial charge in [-0.3, -0.25) is 4.99 Å². The highest BCUT2D eigenvalue weighted by Crippen LogP contribution is 2.41. The summed E-state index contributed by atoms with van der Waals surface area (Å²) < 4.78 is 0. The second-order valence-electron chi connectivity index (χ2n) is 5.85. The first kappa shape index (κ1) is 13.9. The van der Waals surface area contributed by atoms with E-state index < -0.39 is 0 Å². The van der Waals surface area contributed by atoms with Crippen LogP contribution in [0.5, 0.6) is 0 Å². The average molecular weight is 259 g/mol. The Balaban J connectivity index is 2.13. The molecule has 0 heterocycles. The van der Waals surface area contributed by atoms with Crippen LogP contribution in [0.3, 0.4) is 0 Å². The molecule has 1 aliphatic carbocycles. The lowest BCUT2D eigenvalue weighted by molar-refractivity contribution is 0.453. The van der Waals surface area contributed by atoms with Crippen LogP contribution in [0.25, 0.3) is 0 Å². The van der Waals surface area contributed by atoms with Gasteiger partial charge < -0.3 is 11.1 Å². The van der Waals surface area contributed by atoms with Crippen molar-refractivity contribution in [3.05, 3.63) is 35.9 Å². The van der Waals surface area contributed by atoms with E-state index >= 15 is 0 Å². The van der Waals surface area contributed by atoms with Gasteiger partial charge >= 0.3 is 0 Å². The summed E-state index contributed by atoms with van der Waals surface area (Å²) in [5.74, 6) is 0.567. The van der Waals surface area contributed by atoms with Crippen molar-refractivity contribution in [3.63, 3.8) is 0 Å². The van der Waals surface area contributed by atoms with Gasteiger partial charge in [-0.2, -0.15) is 0 Å². The maximum absolute atomic E-state index is 5.93. The maximum atomic E-state index is 5.93. The molecule has 104 valence electrons. The van der Waals surface area contributed by atoms with E-state index in [1.807, 2.05) is 0 Å². The first-order valence-electron chi connectivity index (χ1n) is 7.24. The molecule has 19 heavy (non-hydrogen) atoms. The summed E-state index contributed by atoms with van der Waals surface area (Å²) in [5, 5.41) is 3.16. The third-order valence-corrected chi connectivity index (χ3v) is 3.94. The summed E-state index contributed by atoms with van der Waals surface area (Å²) in [4.78, 5) is 4.58. The first-order valence-corrected chi connectivity index (χ1v) is 7.24. The van der Waals surface area contributed by atoms with Crippen molar-refractivity contribution in [3.8, 4) is 0 Å². The predicted octanol–water partition coefficient (Wildman–Crippen LogP) is 2.81. The van der Waals surface area contributed by atoms with E-state index in [-0.39, 0.29) is 5.41 Å². The molecule has 3 nitrogen and oxygen atoms in total. The average Bonchev–Trinajstić information content (AvgIpc) is 2.87. The van der Waals surface area contributed by atoms with E-state index in [1.165, 1.54) is 31.2 Å². The first-order chi connectivity index (χ1) is 9.12. The molecular weight excluding hydrogens is 234 g/mol. The summed E-state index contributed by atoms with van der Waals surface area (Å²) >= 11 is 0. The molecule has 0 bridgehead atoms. The molecule has 1 fully saturated rings. The van der Waals surface area contributed by atoms with Crippen molar-refractivity contribution in [2.45, 2.75) is 51.0 Å². The molecule has 3 heteroatoms. The molecule has 0 amide bonds. The molecule has 0 aliphatic heterocycles. The van der Waals surface area contributed by atoms with Crippen LogP contribution in [0.2, 0.25) is 0 Å². The zero-order valence-corrected chi connectivity index (χ0v) is 12.0. The van der Waals surface area contributed by atoms with Gasteiger partial charge in [-0.25, -0.2) is 0 Å². The standard InChI is InChI=1S/C16H25N3/c1-13(2)19-15(17)18-12-16(10-6-7-11-16)14-8-4-3-5-9-14/h3-5,8-9,13H,6-7,10-12H2,1-2H3,(H3,17,18,19). The molecule has 0 atom stereocenters. The van der Waals surface area contributed by atoms with Crippen LogP contribution in [0.4, 0.5) is 0 Å². The van der Waals surface area contributed by atoms with Gasteiger partial charge in [-0.05, 0) is 32.3 Å². The number of rotatable bonds is 4. The third-order valence-electron chi connectivity index (χ3n) is 3.94. The van der Waals surface area contributed by atoms with E-state index in [1.54, 1.807) is 0 Å². The van der Waals surface area contributed by atoms with Gasteiger partial charge in [0.25, 0.3) is 0 Å². The summed E-state index contributed by atoms with van der Waals surface area (Å²) in [5.41, 5.74) is 7.54. The van der Waals surface area contributed by atoms with Crippen LogP contribution >= 0.6 is 0 Å². The highest BCUT2D eigenvalue weighted by atomic mass is 15.1. The Morgan fingerprint density at radius 3 is 2.47 bits per heavy atom. The minimum atomic E-state index is 0.199. The van der Waals surface area contributed by atoms with E-state index in [4.69, 9.17) is 5.73 Å². The van der Waals surface area contributed by atoms with Gasteiger partial charge in [-0.15, -0.1) is 0 Å². The SMILES string of the molecule is CC(C)NC(N)=NCC1(c2ccccc2)CCCC1. The van der Waals surface area contributed by atoms with Crippen LogP contribution in [0.15, 0.2) is 35.3 Å². The third kappa shape index (κ3) is 3.49. The summed E-state index contributed by atoms with van der Waals surface area (Å²) in [7, 11) is 0. The lowest BCUT2D eigenvalue weighted by Gasteiger charge is -2.28. The second kappa shape index (κ2) is 6.09. The van der Waals surface area contributed by atoms with Crippen LogP contribution in [-0.4, -0.2) is 18.5 Å². The van der Waals surface area contributed by atoms with Gasteiger partial charge in [0.15, 0.2) is 5.96 Å². The number of benzene rings is 1. The number of nitrogens with two attached hydrogens (primary N) is 1. The molecule has 0 aromatic heterocycles. The molecule has 1 aliphatic rings. The van der Waals surface area contributed by atoms with Crippen LogP contribution < -0.4 is 11.1 Å². The molecule has 1 aromatic carbocycles. The monoisotopic (exact) mass is 259 g/mol. The smallest absolute Gasteiger partial charge is 0.188 e. The zero-order chi connectivity index (χ0) is 13.7. The Labute approximate surface area is 116 Å². The van der Waals surface area contributed by atoms with Crippen LogP contribution in [0, 0.1) is 0 Å². The summed E-state index contributed by atoms with van der Waals surface area (Å²) in [6, 6.07) is 11.1. The van der Waals surface area contributed by atoms with Crippen molar-refractivity contribution < 1.29 is 0 Å². The molecule has 0 radical (unpaired) electrons. The second-order valence-corrected chi connectivity index (χ2v) is 5.85. The number of hydrogen-bond donors (Lipinski definition) is 2. The van der Waals surface area contributed by atoms with Crippen molar-refractivity contribution in [2.75, 3.05) is 6.54 Å². The Morgan fingerprint density at radius 1 is 1.26 bits per heavy atom. The van der Waals surface area contributed by atoms with E-state index in [2.05, 4.69) is 54.5 Å². The van der Waals surface area contributed by atoms with Crippen molar-refractivity contribution in [2.24, 2.45) is 10.7 Å². The molecule has 0 unspecified atom stereocenters. The molecule has 1 aromatic rings. The van der Waals surface area contributed by atoms with Crippen LogP contribution in [0.1, 0.15) is 45.1 Å². The fourth-order valence-corrected chi connectivity index (χ4v) is 2.96. The summed E-state index contributed by atoms with van der Waals surface area (Å²) in [6.45, 7) is 4.94. The minimum absolute atomic E-state index is 0.199. The maximum Gasteiger partial charge on any atom is 0.188 e. The van der Waals surface area contributed by atoms with E-state index in [0.717, 1.165) is 6.54 Å². The van der Waals surface area contributed by atoms with Gasteiger partial charge in [0.2, 0.25) is 0 Å². The van der Waals surface area contributed by atoms with Crippen molar-refractivity contribution >= 4 is 5.96 Å². The van der Waals surface area contributed by atoms with Crippen molar-refractivity contribution in [1.29, 1.82) is 0 Å². The lowest BCUT2D eigenvalue weighted by Crippen LogP contribution is -2.38. The number of aliphatic imine (C=N–C) groups is 1. The molecular formula is C16H25N3. The molecule has 0 spiro atoms. The Hall–Kier alpha value is -1.51. The van der Waals surface area contributed by atoms with Gasteiger partial charge in [-0.1, -0.05) is 43.2 Å². The Morgan fingerprint density at radius 2 is 1.89 bits per heavy atom. The Bertz CT molecular complexity index is 417. The molecule has 1 saturated carbocycles. The van der Waals surface area contributed by atoms with E-state index in [0.29, 0.717) is 12.0 Å². The molecule has 0 saturated heterocycles. The molecule has 2 rings (SSSR count). The highest BCUT2D eigenvalue weighted by molar-refractivity contribution is 5.78. The minimum Gasteiger partial charge on any atom is -0.370 e. The van der Waals surface area contributed by atoms with Gasteiger partial charge in [0.05, 0.1) is 6.54 Å². The van der Waals surface area contributed by atoms with Gasteiger partial charge in [0.1, 0.15) is 0 Å². The zero-order valence-electron chi connectivity index (χ0n) is 12.0. The number of guanidine groups is 1. The summed E-state index contributed by atoms with van der Waals surface area (Å²) in [6.07, 6.45) is 5.02. The topological polar surface area (TPSA) is 50.4 Å². The highest BCUT2D eigenvalue weighted by Gasteiger charge is 2.35.